The summed E-state index contributed by atoms with van der Waals surface area (Å²) in [5.41, 5.74) is 1.07. The average Bonchev–Trinajstić information content (AvgIpc) is 3.10. The Morgan fingerprint density at radius 2 is 1.89 bits per heavy atom. The number of phenolic OH excluding ortho intramolecular Hbond substituents is 3. The quantitative estimate of drug-likeness (QED) is 0.586. The minimum absolute atomic E-state index is 0.233. The van der Waals surface area contributed by atoms with Gasteiger partial charge in [0.1, 0.15) is 0 Å². The van der Waals surface area contributed by atoms with Crippen molar-refractivity contribution in [3.05, 3.63) is 17.7 Å². The Balaban J connectivity index is 1.89. The Hall–Kier alpha value is -1.42. The zero-order valence-electron chi connectivity index (χ0n) is 10.7. The van der Waals surface area contributed by atoms with Crippen LogP contribution in [0.1, 0.15) is 38.2 Å². The highest BCUT2D eigenvalue weighted by molar-refractivity contribution is 5.52. The van der Waals surface area contributed by atoms with Crippen molar-refractivity contribution in [1.29, 1.82) is 0 Å². The third-order valence-electron chi connectivity index (χ3n) is 3.77. The lowest BCUT2D eigenvalue weighted by Gasteiger charge is -2.15. The van der Waals surface area contributed by atoms with Gasteiger partial charge in [-0.1, -0.05) is 19.4 Å². The van der Waals surface area contributed by atoms with Gasteiger partial charge in [0.05, 0.1) is 0 Å². The van der Waals surface area contributed by atoms with Gasteiger partial charge in [0.25, 0.3) is 0 Å². The van der Waals surface area contributed by atoms with E-state index in [4.69, 9.17) is 0 Å². The lowest BCUT2D eigenvalue weighted by molar-refractivity contribution is 0.362. The molecule has 18 heavy (non-hydrogen) atoms. The Morgan fingerprint density at radius 3 is 2.50 bits per heavy atom. The predicted molar refractivity (Wildman–Crippen MR) is 69.7 cm³/mol. The topological polar surface area (TPSA) is 72.7 Å². The van der Waals surface area contributed by atoms with Crippen LogP contribution in [0.2, 0.25) is 0 Å². The zero-order valence-corrected chi connectivity index (χ0v) is 10.7. The van der Waals surface area contributed by atoms with Gasteiger partial charge in [-0.15, -0.1) is 0 Å². The average molecular weight is 251 g/mol. The third-order valence-corrected chi connectivity index (χ3v) is 3.77. The number of hydrogen-bond donors (Lipinski definition) is 4. The summed E-state index contributed by atoms with van der Waals surface area (Å²) in [7, 11) is 0. The zero-order chi connectivity index (χ0) is 13.2. The van der Waals surface area contributed by atoms with Gasteiger partial charge in [0.2, 0.25) is 5.75 Å². The minimum Gasteiger partial charge on any atom is -0.504 e. The molecule has 0 saturated heterocycles. The molecule has 0 radical (unpaired) electrons. The molecule has 4 N–H and O–H groups in total. The molecule has 0 aliphatic heterocycles. The molecule has 0 atom stereocenters. The second kappa shape index (κ2) is 5.06. The van der Waals surface area contributed by atoms with Crippen molar-refractivity contribution in [2.24, 2.45) is 5.41 Å². The molecule has 0 aromatic heterocycles. The maximum Gasteiger partial charge on any atom is 0.200 e. The molecule has 0 unspecified atom stereocenters. The molecule has 1 aliphatic carbocycles. The van der Waals surface area contributed by atoms with Crippen molar-refractivity contribution < 1.29 is 15.3 Å². The summed E-state index contributed by atoms with van der Waals surface area (Å²) >= 11 is 0. The van der Waals surface area contributed by atoms with Gasteiger partial charge in [-0.3, -0.25) is 0 Å². The number of benzene rings is 1. The van der Waals surface area contributed by atoms with Gasteiger partial charge >= 0.3 is 0 Å². The largest absolute Gasteiger partial charge is 0.504 e. The number of aromatic hydroxyl groups is 3. The van der Waals surface area contributed by atoms with E-state index in [9.17, 15) is 15.3 Å². The Kier molecular flexibility index (Phi) is 3.66. The smallest absolute Gasteiger partial charge is 0.200 e. The van der Waals surface area contributed by atoms with E-state index in [0.29, 0.717) is 17.5 Å². The van der Waals surface area contributed by atoms with E-state index in [2.05, 4.69) is 12.2 Å². The van der Waals surface area contributed by atoms with E-state index in [1.165, 1.54) is 31.7 Å². The first kappa shape index (κ1) is 13.0. The third kappa shape index (κ3) is 2.70. The summed E-state index contributed by atoms with van der Waals surface area (Å²) < 4.78 is 0. The number of rotatable bonds is 6. The fraction of sp³-hybridized carbons (Fsp3) is 0.571. The van der Waals surface area contributed by atoms with E-state index in [1.807, 2.05) is 0 Å². The van der Waals surface area contributed by atoms with E-state index in [1.54, 1.807) is 6.07 Å². The Bertz CT molecular complexity index is 427. The van der Waals surface area contributed by atoms with Crippen LogP contribution in [0, 0.1) is 5.41 Å². The highest BCUT2D eigenvalue weighted by atomic mass is 16.3. The number of hydrogen-bond acceptors (Lipinski definition) is 4. The standard InChI is InChI=1S/C14H21NO3/c1-2-5-14(6-7-14)9-15-8-10-3-4-11(16)13(18)12(10)17/h3-4,15-18H,2,5-9H2,1H3. The van der Waals surface area contributed by atoms with E-state index < -0.39 is 5.75 Å². The Morgan fingerprint density at radius 1 is 1.17 bits per heavy atom. The minimum atomic E-state index is -0.441. The molecule has 4 heteroatoms. The molecule has 0 spiro atoms. The van der Waals surface area contributed by atoms with Crippen LogP contribution in [0.15, 0.2) is 12.1 Å². The first-order chi connectivity index (χ1) is 8.58. The van der Waals surface area contributed by atoms with Crippen LogP contribution in [-0.2, 0) is 6.54 Å². The molecule has 100 valence electrons. The summed E-state index contributed by atoms with van der Waals surface area (Å²) in [6.45, 7) is 3.65. The van der Waals surface area contributed by atoms with Crippen molar-refractivity contribution in [3.8, 4) is 17.2 Å². The van der Waals surface area contributed by atoms with Crippen LogP contribution in [-0.4, -0.2) is 21.9 Å². The molecule has 1 fully saturated rings. The van der Waals surface area contributed by atoms with E-state index in [-0.39, 0.29) is 11.5 Å². The summed E-state index contributed by atoms with van der Waals surface area (Å²) in [5, 5.41) is 31.6. The molecule has 4 nitrogen and oxygen atoms in total. The molecule has 2 rings (SSSR count). The van der Waals surface area contributed by atoms with Crippen LogP contribution in [0.5, 0.6) is 17.2 Å². The highest BCUT2D eigenvalue weighted by Gasteiger charge is 2.40. The maximum atomic E-state index is 9.68. The van der Waals surface area contributed by atoms with Crippen molar-refractivity contribution >= 4 is 0 Å². The van der Waals surface area contributed by atoms with Crippen LogP contribution < -0.4 is 5.32 Å². The van der Waals surface area contributed by atoms with Gasteiger partial charge in [-0.05, 0) is 30.7 Å². The first-order valence-corrected chi connectivity index (χ1v) is 6.51. The SMILES string of the molecule is CCCC1(CNCc2ccc(O)c(O)c2O)CC1. The van der Waals surface area contributed by atoms with Crippen molar-refractivity contribution in [2.75, 3.05) is 6.54 Å². The highest BCUT2D eigenvalue weighted by Crippen LogP contribution is 2.49. The molecule has 0 amide bonds. The van der Waals surface area contributed by atoms with Gasteiger partial charge in [0, 0.05) is 18.7 Å². The van der Waals surface area contributed by atoms with E-state index in [0.717, 1.165) is 6.54 Å². The molecule has 1 aromatic carbocycles. The Labute approximate surface area is 107 Å². The van der Waals surface area contributed by atoms with Crippen molar-refractivity contribution in [3.63, 3.8) is 0 Å². The molecule has 1 aromatic rings. The second-order valence-corrected chi connectivity index (χ2v) is 5.29. The monoisotopic (exact) mass is 251 g/mol. The predicted octanol–water partition coefficient (Wildman–Crippen LogP) is 2.47. The molecular weight excluding hydrogens is 230 g/mol. The lowest BCUT2D eigenvalue weighted by atomic mass is 10.0. The van der Waals surface area contributed by atoms with Crippen LogP contribution in [0.4, 0.5) is 0 Å². The van der Waals surface area contributed by atoms with Crippen LogP contribution in [0.25, 0.3) is 0 Å². The fourth-order valence-electron chi connectivity index (χ4n) is 2.44. The molecule has 1 aliphatic rings. The van der Waals surface area contributed by atoms with Crippen molar-refractivity contribution in [1.82, 2.24) is 5.32 Å². The molecular formula is C14H21NO3. The van der Waals surface area contributed by atoms with Crippen LogP contribution >= 0.6 is 0 Å². The summed E-state index contributed by atoms with van der Waals surface area (Å²) in [6.07, 6.45) is 5.00. The summed E-state index contributed by atoms with van der Waals surface area (Å²) in [5.74, 6) is -0.965. The van der Waals surface area contributed by atoms with Gasteiger partial charge < -0.3 is 20.6 Å². The first-order valence-electron chi connectivity index (χ1n) is 6.51. The van der Waals surface area contributed by atoms with Gasteiger partial charge in [0.15, 0.2) is 11.5 Å². The summed E-state index contributed by atoms with van der Waals surface area (Å²) in [4.78, 5) is 0. The summed E-state index contributed by atoms with van der Waals surface area (Å²) in [6, 6.07) is 3.02. The normalized spacial score (nSPS) is 16.7. The maximum absolute atomic E-state index is 9.68. The lowest BCUT2D eigenvalue weighted by Crippen LogP contribution is -2.23. The molecule has 0 bridgehead atoms. The van der Waals surface area contributed by atoms with E-state index >= 15 is 0 Å². The molecule has 1 saturated carbocycles. The van der Waals surface area contributed by atoms with Crippen LogP contribution in [0.3, 0.4) is 0 Å². The fourth-order valence-corrected chi connectivity index (χ4v) is 2.44. The number of nitrogens with one attached hydrogen (secondary N) is 1. The van der Waals surface area contributed by atoms with Gasteiger partial charge in [-0.2, -0.15) is 0 Å². The number of phenols is 3. The van der Waals surface area contributed by atoms with Gasteiger partial charge in [-0.25, -0.2) is 0 Å². The van der Waals surface area contributed by atoms with Crippen molar-refractivity contribution in [2.45, 2.75) is 39.2 Å². The molecule has 0 heterocycles. The second-order valence-electron chi connectivity index (χ2n) is 5.29.